The Morgan fingerprint density at radius 3 is 2.92 bits per heavy atom. The molecule has 0 fully saturated rings. The maximum atomic E-state index is 13.4. The largest absolute Gasteiger partial charge is 0.205 e. The third-order valence-electron chi connectivity index (χ3n) is 1.64. The highest BCUT2D eigenvalue weighted by atomic mass is 79.9. The molecule has 0 unspecified atom stereocenters. The molecule has 0 saturated heterocycles. The Hall–Kier alpha value is -1.23. The topological polar surface area (TPSA) is 41.6 Å². The van der Waals surface area contributed by atoms with E-state index in [1.807, 2.05) is 0 Å². The summed E-state index contributed by atoms with van der Waals surface area (Å²) < 4.78 is 13.9. The highest BCUT2D eigenvalue weighted by Gasteiger charge is 2.09. The van der Waals surface area contributed by atoms with Crippen molar-refractivity contribution < 1.29 is 4.39 Å². The molecule has 1 aromatic heterocycles. The maximum Gasteiger partial charge on any atom is 0.146 e. The predicted octanol–water partition coefficient (Wildman–Crippen LogP) is 2.37. The van der Waals surface area contributed by atoms with Crippen LogP contribution in [0.5, 0.6) is 0 Å². The first-order valence-corrected chi connectivity index (χ1v) is 4.38. The molecule has 0 amide bonds. The molecular weight excluding hydrogens is 237 g/mol. The summed E-state index contributed by atoms with van der Waals surface area (Å²) in [5, 5.41) is 9.84. The minimum atomic E-state index is -0.323. The quantitative estimate of drug-likeness (QED) is 0.833. The van der Waals surface area contributed by atoms with Gasteiger partial charge in [0.25, 0.3) is 0 Å². The number of hydrogen-bond acceptors (Lipinski definition) is 2. The normalized spacial score (nSPS) is 10.3. The van der Waals surface area contributed by atoms with Crippen LogP contribution in [-0.2, 0) is 0 Å². The van der Waals surface area contributed by atoms with Gasteiger partial charge >= 0.3 is 0 Å². The Morgan fingerprint density at radius 1 is 1.38 bits per heavy atom. The molecule has 0 bridgehead atoms. The number of aromatic nitrogens is 3. The van der Waals surface area contributed by atoms with Crippen LogP contribution in [0.15, 0.2) is 28.9 Å². The van der Waals surface area contributed by atoms with Gasteiger partial charge in [0, 0.05) is 5.56 Å². The fourth-order valence-electron chi connectivity index (χ4n) is 1.03. The minimum absolute atomic E-state index is 0.323. The van der Waals surface area contributed by atoms with Gasteiger partial charge in [-0.15, -0.1) is 0 Å². The van der Waals surface area contributed by atoms with Crippen molar-refractivity contribution in [2.75, 3.05) is 0 Å². The van der Waals surface area contributed by atoms with Gasteiger partial charge in [0.05, 0.1) is 10.7 Å². The van der Waals surface area contributed by atoms with E-state index in [4.69, 9.17) is 0 Å². The van der Waals surface area contributed by atoms with Crippen molar-refractivity contribution in [3.63, 3.8) is 0 Å². The van der Waals surface area contributed by atoms with Crippen LogP contribution in [0.25, 0.3) is 11.3 Å². The van der Waals surface area contributed by atoms with Crippen molar-refractivity contribution in [1.82, 2.24) is 15.4 Å². The van der Waals surface area contributed by atoms with Crippen LogP contribution in [0.1, 0.15) is 0 Å². The van der Waals surface area contributed by atoms with E-state index < -0.39 is 0 Å². The molecule has 1 N–H and O–H groups in total. The Kier molecular flexibility index (Phi) is 2.10. The summed E-state index contributed by atoms with van der Waals surface area (Å²) in [6, 6.07) is 5.04. The highest BCUT2D eigenvalue weighted by molar-refractivity contribution is 9.10. The lowest BCUT2D eigenvalue weighted by atomic mass is 10.1. The van der Waals surface area contributed by atoms with Gasteiger partial charge in [-0.3, -0.25) is 0 Å². The molecule has 3 nitrogen and oxygen atoms in total. The predicted molar refractivity (Wildman–Crippen MR) is 49.5 cm³/mol. The first kappa shape index (κ1) is 8.37. The second kappa shape index (κ2) is 3.26. The first-order valence-electron chi connectivity index (χ1n) is 3.59. The molecule has 0 aliphatic rings. The molecule has 0 aliphatic heterocycles. The molecule has 5 heteroatoms. The fourth-order valence-corrected chi connectivity index (χ4v) is 1.40. The maximum absolute atomic E-state index is 13.4. The molecule has 2 rings (SSSR count). The lowest BCUT2D eigenvalue weighted by Crippen LogP contribution is -1.85. The van der Waals surface area contributed by atoms with Gasteiger partial charge in [-0.1, -0.05) is 6.07 Å². The number of benzene rings is 1. The van der Waals surface area contributed by atoms with Crippen molar-refractivity contribution in [1.29, 1.82) is 0 Å². The number of rotatable bonds is 1. The van der Waals surface area contributed by atoms with Crippen molar-refractivity contribution in [2.24, 2.45) is 0 Å². The van der Waals surface area contributed by atoms with Gasteiger partial charge in [0.15, 0.2) is 0 Å². The molecule has 66 valence electrons. The van der Waals surface area contributed by atoms with E-state index in [0.717, 1.165) is 0 Å². The van der Waals surface area contributed by atoms with Gasteiger partial charge in [-0.05, 0) is 28.1 Å². The fraction of sp³-hybridized carbons (Fsp3) is 0. The van der Waals surface area contributed by atoms with Crippen LogP contribution >= 0.6 is 15.9 Å². The number of hydrogen-bond donors (Lipinski definition) is 1. The molecule has 1 heterocycles. The number of nitrogens with one attached hydrogen (secondary N) is 1. The summed E-state index contributed by atoms with van der Waals surface area (Å²) in [6.45, 7) is 0. The molecule has 0 aliphatic carbocycles. The van der Waals surface area contributed by atoms with Gasteiger partial charge < -0.3 is 0 Å². The van der Waals surface area contributed by atoms with Crippen molar-refractivity contribution in [3.8, 4) is 11.3 Å². The Balaban J connectivity index is 2.59. The number of halogens is 2. The lowest BCUT2D eigenvalue weighted by molar-refractivity contribution is 0.624. The molecular formula is C8H5BrFN3. The Bertz CT molecular complexity index is 413. The van der Waals surface area contributed by atoms with Crippen LogP contribution in [0.3, 0.4) is 0 Å². The second-order valence-electron chi connectivity index (χ2n) is 2.46. The van der Waals surface area contributed by atoms with E-state index >= 15 is 0 Å². The van der Waals surface area contributed by atoms with Crippen molar-refractivity contribution in [2.45, 2.75) is 0 Å². The minimum Gasteiger partial charge on any atom is -0.205 e. The average Bonchev–Trinajstić information content (AvgIpc) is 2.62. The zero-order chi connectivity index (χ0) is 9.26. The van der Waals surface area contributed by atoms with E-state index in [1.54, 1.807) is 18.2 Å². The summed E-state index contributed by atoms with van der Waals surface area (Å²) in [7, 11) is 0. The summed E-state index contributed by atoms with van der Waals surface area (Å²) in [5.74, 6) is -0.323. The van der Waals surface area contributed by atoms with Gasteiger partial charge in [-0.25, -0.2) is 4.39 Å². The highest BCUT2D eigenvalue weighted by Crippen LogP contribution is 2.25. The second-order valence-corrected chi connectivity index (χ2v) is 3.31. The van der Waals surface area contributed by atoms with Gasteiger partial charge in [0.2, 0.25) is 0 Å². The first-order chi connectivity index (χ1) is 6.29. The summed E-state index contributed by atoms with van der Waals surface area (Å²) in [4.78, 5) is 0. The summed E-state index contributed by atoms with van der Waals surface area (Å²) >= 11 is 3.10. The van der Waals surface area contributed by atoms with Crippen LogP contribution in [0.4, 0.5) is 4.39 Å². The zero-order valence-corrected chi connectivity index (χ0v) is 8.05. The number of aromatic amines is 1. The molecule has 13 heavy (non-hydrogen) atoms. The van der Waals surface area contributed by atoms with Crippen LogP contribution < -0.4 is 0 Å². The molecule has 0 radical (unpaired) electrons. The Labute approximate surface area is 82.1 Å². The SMILES string of the molecule is Fc1c(Br)cccc1-c1cn[nH]n1. The van der Waals surface area contributed by atoms with E-state index in [0.29, 0.717) is 15.7 Å². The molecule has 0 spiro atoms. The summed E-state index contributed by atoms with van der Waals surface area (Å²) in [5.41, 5.74) is 0.932. The van der Waals surface area contributed by atoms with E-state index in [9.17, 15) is 4.39 Å². The Morgan fingerprint density at radius 2 is 2.23 bits per heavy atom. The molecule has 2 aromatic rings. The van der Waals surface area contributed by atoms with Crippen LogP contribution in [-0.4, -0.2) is 15.4 Å². The van der Waals surface area contributed by atoms with E-state index in [1.165, 1.54) is 6.20 Å². The third-order valence-corrected chi connectivity index (χ3v) is 2.26. The van der Waals surface area contributed by atoms with Gasteiger partial charge in [0.1, 0.15) is 11.5 Å². The molecule has 0 saturated carbocycles. The monoisotopic (exact) mass is 241 g/mol. The van der Waals surface area contributed by atoms with Crippen LogP contribution in [0.2, 0.25) is 0 Å². The third kappa shape index (κ3) is 1.47. The van der Waals surface area contributed by atoms with Crippen molar-refractivity contribution >= 4 is 15.9 Å². The lowest BCUT2D eigenvalue weighted by Gasteiger charge is -1.99. The molecule has 1 aromatic carbocycles. The van der Waals surface area contributed by atoms with Crippen molar-refractivity contribution in [3.05, 3.63) is 34.7 Å². The van der Waals surface area contributed by atoms with E-state index in [-0.39, 0.29) is 5.82 Å². The summed E-state index contributed by atoms with van der Waals surface area (Å²) in [6.07, 6.45) is 1.48. The van der Waals surface area contributed by atoms with Crippen LogP contribution in [0, 0.1) is 5.82 Å². The standard InChI is InChI=1S/C8H5BrFN3/c9-6-3-1-2-5(8(6)10)7-4-11-13-12-7/h1-4H,(H,11,12,13). The average molecular weight is 242 g/mol. The zero-order valence-electron chi connectivity index (χ0n) is 6.46. The molecule has 0 atom stereocenters. The number of H-pyrrole nitrogens is 1. The van der Waals surface area contributed by atoms with E-state index in [2.05, 4.69) is 31.3 Å². The van der Waals surface area contributed by atoms with Gasteiger partial charge in [-0.2, -0.15) is 15.4 Å². The number of nitrogens with zero attached hydrogens (tertiary/aromatic N) is 2. The smallest absolute Gasteiger partial charge is 0.146 e.